The third kappa shape index (κ3) is 3.81. The van der Waals surface area contributed by atoms with Crippen molar-refractivity contribution in [2.45, 2.75) is 70.6 Å². The lowest BCUT2D eigenvalue weighted by Crippen LogP contribution is -2.40. The van der Waals surface area contributed by atoms with Gasteiger partial charge >= 0.3 is 11.9 Å². The smallest absolute Gasteiger partial charge is 0.333 e. The van der Waals surface area contributed by atoms with Crippen molar-refractivity contribution in [3.05, 3.63) is 23.3 Å². The molecule has 1 aliphatic carbocycles. The monoisotopic (exact) mass is 380 g/mol. The van der Waals surface area contributed by atoms with E-state index >= 15 is 0 Å². The van der Waals surface area contributed by atoms with Gasteiger partial charge in [0.15, 0.2) is 0 Å². The van der Waals surface area contributed by atoms with Crippen LogP contribution in [-0.4, -0.2) is 58.8 Å². The zero-order valence-electron chi connectivity index (χ0n) is 16.2. The van der Waals surface area contributed by atoms with Crippen LogP contribution in [0.3, 0.4) is 0 Å². The van der Waals surface area contributed by atoms with Gasteiger partial charge in [0.1, 0.15) is 18.3 Å². The molecular formula is C20H28O7. The fraction of sp³-hybridized carbons (Fsp3) is 0.700. The van der Waals surface area contributed by atoms with Crippen molar-refractivity contribution in [1.29, 1.82) is 0 Å². The molecule has 0 bridgehead atoms. The van der Waals surface area contributed by atoms with E-state index in [2.05, 4.69) is 0 Å². The molecule has 0 aromatic carbocycles. The molecule has 0 saturated carbocycles. The molecule has 0 aromatic rings. The molecule has 3 rings (SSSR count). The van der Waals surface area contributed by atoms with Gasteiger partial charge in [0.25, 0.3) is 0 Å². The second-order valence-corrected chi connectivity index (χ2v) is 7.99. The Hall–Kier alpha value is -1.70. The van der Waals surface area contributed by atoms with Crippen molar-refractivity contribution >= 4 is 11.9 Å². The summed E-state index contributed by atoms with van der Waals surface area (Å²) >= 11 is 0. The second-order valence-electron chi connectivity index (χ2n) is 7.99. The van der Waals surface area contributed by atoms with E-state index in [1.165, 1.54) is 0 Å². The summed E-state index contributed by atoms with van der Waals surface area (Å²) < 4.78 is 17.0. The zero-order valence-corrected chi connectivity index (χ0v) is 16.2. The molecule has 0 amide bonds. The zero-order chi connectivity index (χ0) is 19.9. The SMILES string of the molecule is C/C=C(\C)C(=O)O[C@H]1C[C@@]2(C)O[C@@H]2[C@@H](O)C/C(CO)=C/[C@H]2OC(=O)[C@@H](C)[C@H]12. The largest absolute Gasteiger partial charge is 0.458 e. The number of aliphatic hydroxyl groups is 2. The van der Waals surface area contributed by atoms with Crippen LogP contribution in [0.5, 0.6) is 0 Å². The maximum absolute atomic E-state index is 12.4. The number of carbonyl (C=O) groups excluding carboxylic acids is 2. The van der Waals surface area contributed by atoms with E-state index < -0.39 is 41.9 Å². The first-order chi connectivity index (χ1) is 12.7. The molecular weight excluding hydrogens is 352 g/mol. The lowest BCUT2D eigenvalue weighted by Gasteiger charge is -2.30. The summed E-state index contributed by atoms with van der Waals surface area (Å²) in [5.74, 6) is -1.65. The van der Waals surface area contributed by atoms with Gasteiger partial charge < -0.3 is 24.4 Å². The van der Waals surface area contributed by atoms with Crippen LogP contribution >= 0.6 is 0 Å². The third-order valence-electron chi connectivity index (χ3n) is 5.99. The number of carbonyl (C=O) groups is 2. The average molecular weight is 380 g/mol. The predicted octanol–water partition coefficient (Wildman–Crippen LogP) is 1.27. The van der Waals surface area contributed by atoms with E-state index in [9.17, 15) is 19.8 Å². The van der Waals surface area contributed by atoms with Crippen LogP contribution in [-0.2, 0) is 23.8 Å². The number of ether oxygens (including phenoxy) is 3. The molecule has 0 unspecified atom stereocenters. The molecule has 150 valence electrons. The van der Waals surface area contributed by atoms with Gasteiger partial charge in [-0.25, -0.2) is 4.79 Å². The highest BCUT2D eigenvalue weighted by molar-refractivity contribution is 5.87. The summed E-state index contributed by atoms with van der Waals surface area (Å²) in [6.45, 7) is 6.80. The Labute approximate surface area is 159 Å². The fourth-order valence-electron chi connectivity index (χ4n) is 4.14. The Balaban J connectivity index is 1.98. The number of esters is 2. The van der Waals surface area contributed by atoms with E-state index in [-0.39, 0.29) is 24.9 Å². The van der Waals surface area contributed by atoms with E-state index in [1.807, 2.05) is 6.92 Å². The summed E-state index contributed by atoms with van der Waals surface area (Å²) in [4.78, 5) is 24.7. The topological polar surface area (TPSA) is 106 Å². The van der Waals surface area contributed by atoms with Crippen LogP contribution in [0.25, 0.3) is 0 Å². The summed E-state index contributed by atoms with van der Waals surface area (Å²) in [5.41, 5.74) is 0.405. The summed E-state index contributed by atoms with van der Waals surface area (Å²) in [7, 11) is 0. The maximum Gasteiger partial charge on any atom is 0.333 e. The molecule has 0 aromatic heterocycles. The number of rotatable bonds is 3. The number of hydrogen-bond acceptors (Lipinski definition) is 7. The Kier molecular flexibility index (Phi) is 5.47. The van der Waals surface area contributed by atoms with Crippen molar-refractivity contribution in [2.24, 2.45) is 11.8 Å². The molecule has 7 heteroatoms. The highest BCUT2D eigenvalue weighted by Gasteiger charge is 2.60. The number of hydrogen-bond donors (Lipinski definition) is 2. The number of allylic oxidation sites excluding steroid dienone is 1. The second kappa shape index (κ2) is 7.37. The summed E-state index contributed by atoms with van der Waals surface area (Å²) in [6.07, 6.45) is 1.54. The maximum atomic E-state index is 12.4. The molecule has 2 heterocycles. The predicted molar refractivity (Wildman–Crippen MR) is 95.5 cm³/mol. The van der Waals surface area contributed by atoms with Crippen LogP contribution in [0.1, 0.15) is 40.5 Å². The van der Waals surface area contributed by atoms with E-state index in [1.54, 1.807) is 32.9 Å². The third-order valence-corrected chi connectivity index (χ3v) is 5.99. The van der Waals surface area contributed by atoms with E-state index in [0.29, 0.717) is 17.6 Å². The molecule has 2 saturated heterocycles. The van der Waals surface area contributed by atoms with Gasteiger partial charge in [-0.05, 0) is 38.8 Å². The molecule has 27 heavy (non-hydrogen) atoms. The standard InChI is InChI=1S/C20H28O7/c1-5-10(2)18(23)26-15-8-20(4)17(27-20)13(22)6-12(9-21)7-14-16(15)11(3)19(24)25-14/h5,7,11,13-17,21-22H,6,8-9H2,1-4H3/b10-5+,12-7-/t11-,13-,14+,15-,16-,17+,20+/m0/s1. The minimum Gasteiger partial charge on any atom is -0.458 e. The number of fused-ring (bicyclic) bond motifs is 2. The van der Waals surface area contributed by atoms with Crippen molar-refractivity contribution in [3.8, 4) is 0 Å². The molecule has 2 aliphatic heterocycles. The Bertz CT molecular complexity index is 682. The van der Waals surface area contributed by atoms with Crippen molar-refractivity contribution in [1.82, 2.24) is 0 Å². The first-order valence-electron chi connectivity index (χ1n) is 9.41. The first-order valence-corrected chi connectivity index (χ1v) is 9.41. The Morgan fingerprint density at radius 1 is 1.48 bits per heavy atom. The first kappa shape index (κ1) is 20.0. The van der Waals surface area contributed by atoms with Gasteiger partial charge in [0.2, 0.25) is 0 Å². The molecule has 7 nitrogen and oxygen atoms in total. The van der Waals surface area contributed by atoms with E-state index in [0.717, 1.165) is 0 Å². The molecule has 2 fully saturated rings. The van der Waals surface area contributed by atoms with Crippen LogP contribution < -0.4 is 0 Å². The van der Waals surface area contributed by atoms with E-state index in [4.69, 9.17) is 14.2 Å². The van der Waals surface area contributed by atoms with Crippen LogP contribution in [0.4, 0.5) is 0 Å². The lowest BCUT2D eigenvalue weighted by atomic mass is 9.79. The molecule has 0 radical (unpaired) electrons. The number of epoxide rings is 1. The Morgan fingerprint density at radius 2 is 2.19 bits per heavy atom. The minimum atomic E-state index is -0.784. The highest BCUT2D eigenvalue weighted by Crippen LogP contribution is 2.48. The molecule has 0 spiro atoms. The molecule has 7 atom stereocenters. The number of aliphatic hydroxyl groups excluding tert-OH is 2. The summed E-state index contributed by atoms with van der Waals surface area (Å²) in [5, 5.41) is 20.1. The molecule has 2 N–H and O–H groups in total. The van der Waals surface area contributed by atoms with Crippen LogP contribution in [0.15, 0.2) is 23.3 Å². The molecule has 3 aliphatic rings. The van der Waals surface area contributed by atoms with Crippen molar-refractivity contribution < 1.29 is 34.0 Å². The van der Waals surface area contributed by atoms with Crippen LogP contribution in [0.2, 0.25) is 0 Å². The highest BCUT2D eigenvalue weighted by atomic mass is 16.6. The van der Waals surface area contributed by atoms with Crippen LogP contribution in [0, 0.1) is 11.8 Å². The van der Waals surface area contributed by atoms with Gasteiger partial charge in [-0.3, -0.25) is 4.79 Å². The van der Waals surface area contributed by atoms with Crippen molar-refractivity contribution in [3.63, 3.8) is 0 Å². The Morgan fingerprint density at radius 3 is 2.81 bits per heavy atom. The average Bonchev–Trinajstić information content (AvgIpc) is 3.21. The van der Waals surface area contributed by atoms with Gasteiger partial charge in [0.05, 0.1) is 24.2 Å². The fourth-order valence-corrected chi connectivity index (χ4v) is 4.14. The lowest BCUT2D eigenvalue weighted by molar-refractivity contribution is -0.149. The van der Waals surface area contributed by atoms with Gasteiger partial charge in [0, 0.05) is 17.9 Å². The normalized spacial score (nSPS) is 43.7. The van der Waals surface area contributed by atoms with Crippen molar-refractivity contribution in [2.75, 3.05) is 6.61 Å². The van der Waals surface area contributed by atoms with Gasteiger partial charge in [-0.1, -0.05) is 13.0 Å². The summed E-state index contributed by atoms with van der Waals surface area (Å²) in [6, 6.07) is 0. The van der Waals surface area contributed by atoms with Gasteiger partial charge in [-0.15, -0.1) is 0 Å². The van der Waals surface area contributed by atoms with Gasteiger partial charge in [-0.2, -0.15) is 0 Å². The minimum absolute atomic E-state index is 0.244. The quantitative estimate of drug-likeness (QED) is 0.329.